The summed E-state index contributed by atoms with van der Waals surface area (Å²) in [7, 11) is 0. The lowest BCUT2D eigenvalue weighted by atomic mass is 10.0. The molecular formula is C21H29FN4O3. The van der Waals surface area contributed by atoms with Crippen LogP contribution in [0.2, 0.25) is 0 Å². The highest BCUT2D eigenvalue weighted by molar-refractivity contribution is 5.88. The molecule has 158 valence electrons. The van der Waals surface area contributed by atoms with Gasteiger partial charge in [-0.3, -0.25) is 14.5 Å². The third-order valence-corrected chi connectivity index (χ3v) is 6.32. The van der Waals surface area contributed by atoms with E-state index in [1.165, 1.54) is 6.07 Å². The molecule has 3 aliphatic heterocycles. The molecule has 2 amide bonds. The zero-order valence-electron chi connectivity index (χ0n) is 17.0. The van der Waals surface area contributed by atoms with Crippen molar-refractivity contribution >= 4 is 17.5 Å². The molecule has 0 bridgehead atoms. The number of hydrogen-bond acceptors (Lipinski definition) is 5. The Morgan fingerprint density at radius 1 is 1.21 bits per heavy atom. The molecule has 0 aromatic heterocycles. The predicted molar refractivity (Wildman–Crippen MR) is 107 cm³/mol. The van der Waals surface area contributed by atoms with Gasteiger partial charge in [-0.25, -0.2) is 4.39 Å². The first-order valence-electron chi connectivity index (χ1n) is 10.3. The van der Waals surface area contributed by atoms with E-state index in [0.29, 0.717) is 25.2 Å². The number of aryl methyl sites for hydroxylation is 1. The Kier molecular flexibility index (Phi) is 5.74. The lowest BCUT2D eigenvalue weighted by Gasteiger charge is -2.42. The molecule has 0 aliphatic carbocycles. The molecule has 2 N–H and O–H groups in total. The van der Waals surface area contributed by atoms with Crippen LogP contribution in [0, 0.1) is 12.7 Å². The summed E-state index contributed by atoms with van der Waals surface area (Å²) < 4.78 is 19.8. The summed E-state index contributed by atoms with van der Waals surface area (Å²) in [6.45, 7) is 7.77. The molecular weight excluding hydrogens is 375 g/mol. The van der Waals surface area contributed by atoms with Crippen LogP contribution in [-0.2, 0) is 20.7 Å². The molecule has 29 heavy (non-hydrogen) atoms. The number of fused-ring (bicyclic) bond motifs is 1. The van der Waals surface area contributed by atoms with Crippen molar-refractivity contribution in [2.45, 2.75) is 44.8 Å². The fourth-order valence-corrected chi connectivity index (χ4v) is 4.60. The van der Waals surface area contributed by atoms with Gasteiger partial charge >= 0.3 is 0 Å². The van der Waals surface area contributed by atoms with Crippen molar-refractivity contribution in [3.8, 4) is 0 Å². The Hall–Kier alpha value is -2.19. The Bertz CT molecular complexity index is 763. The van der Waals surface area contributed by atoms with Crippen molar-refractivity contribution in [3.05, 3.63) is 29.1 Å². The smallest absolute Gasteiger partial charge is 0.243 e. The Balaban J connectivity index is 1.31. The van der Waals surface area contributed by atoms with Crippen LogP contribution in [0.15, 0.2) is 12.1 Å². The second-order valence-electron chi connectivity index (χ2n) is 8.29. The molecule has 2 fully saturated rings. The van der Waals surface area contributed by atoms with Crippen molar-refractivity contribution in [1.29, 1.82) is 0 Å². The number of hydrogen-bond donors (Lipinski definition) is 2. The summed E-state index contributed by atoms with van der Waals surface area (Å²) in [4.78, 5) is 28.5. The van der Waals surface area contributed by atoms with E-state index in [-0.39, 0.29) is 29.7 Å². The molecule has 0 spiro atoms. The first-order chi connectivity index (χ1) is 13.9. The number of rotatable bonds is 3. The molecule has 0 saturated carbocycles. The minimum atomic E-state index is -0.458. The molecule has 1 aromatic rings. The molecule has 1 aromatic carbocycles. The summed E-state index contributed by atoms with van der Waals surface area (Å²) in [5.41, 5.74) is 2.28. The van der Waals surface area contributed by atoms with E-state index < -0.39 is 6.04 Å². The maximum atomic E-state index is 14.1. The lowest BCUT2D eigenvalue weighted by molar-refractivity contribution is -0.132. The molecule has 3 atom stereocenters. The van der Waals surface area contributed by atoms with E-state index in [4.69, 9.17) is 4.74 Å². The van der Waals surface area contributed by atoms with Crippen molar-refractivity contribution < 1.29 is 18.7 Å². The average Bonchev–Trinajstić information content (AvgIpc) is 3.18. The molecule has 2 saturated heterocycles. The Labute approximate surface area is 170 Å². The van der Waals surface area contributed by atoms with E-state index >= 15 is 0 Å². The van der Waals surface area contributed by atoms with Crippen molar-refractivity contribution in [2.24, 2.45) is 0 Å². The van der Waals surface area contributed by atoms with Crippen LogP contribution in [0.5, 0.6) is 0 Å². The van der Waals surface area contributed by atoms with Gasteiger partial charge in [-0.15, -0.1) is 0 Å². The predicted octanol–water partition coefficient (Wildman–Crippen LogP) is 0.909. The van der Waals surface area contributed by atoms with Gasteiger partial charge in [0, 0.05) is 56.8 Å². The Morgan fingerprint density at radius 3 is 2.66 bits per heavy atom. The summed E-state index contributed by atoms with van der Waals surface area (Å²) in [6.07, 6.45) is 1.18. The highest BCUT2D eigenvalue weighted by Gasteiger charge is 2.34. The SMILES string of the molecule is CC(=O)N1CCN([C@H]2COC[C@@H](NC(=O)C3Cc4c(F)ccc(C)c4N3)C2)CC1. The van der Waals surface area contributed by atoms with Gasteiger partial charge in [0.15, 0.2) is 0 Å². The number of carbonyl (C=O) groups excluding carboxylic acids is 2. The average molecular weight is 404 g/mol. The number of halogens is 1. The van der Waals surface area contributed by atoms with Crippen LogP contribution < -0.4 is 10.6 Å². The van der Waals surface area contributed by atoms with Gasteiger partial charge in [-0.1, -0.05) is 6.07 Å². The van der Waals surface area contributed by atoms with Gasteiger partial charge in [0.2, 0.25) is 11.8 Å². The number of ether oxygens (including phenoxy) is 1. The standard InChI is InChI=1S/C21H29FN4O3/c1-13-3-4-18(22)17-10-19(24-20(13)17)21(28)23-15-9-16(12-29-11-15)26-7-5-25(6-8-26)14(2)27/h3-4,15-16,19,24H,5-12H2,1-2H3,(H,23,28)/t15-,16+,19?/m0/s1. The first-order valence-corrected chi connectivity index (χ1v) is 10.3. The third-order valence-electron chi connectivity index (χ3n) is 6.32. The quantitative estimate of drug-likeness (QED) is 0.784. The molecule has 7 nitrogen and oxygen atoms in total. The van der Waals surface area contributed by atoms with Crippen molar-refractivity contribution in [3.63, 3.8) is 0 Å². The maximum Gasteiger partial charge on any atom is 0.243 e. The Morgan fingerprint density at radius 2 is 1.97 bits per heavy atom. The highest BCUT2D eigenvalue weighted by atomic mass is 19.1. The van der Waals surface area contributed by atoms with Crippen LogP contribution in [0.1, 0.15) is 24.5 Å². The summed E-state index contributed by atoms with van der Waals surface area (Å²) in [5.74, 6) is -0.263. The number of anilines is 1. The van der Waals surface area contributed by atoms with E-state index in [1.807, 2.05) is 11.8 Å². The molecule has 4 rings (SSSR count). The van der Waals surface area contributed by atoms with E-state index in [9.17, 15) is 14.0 Å². The van der Waals surface area contributed by atoms with Crippen LogP contribution in [0.25, 0.3) is 0 Å². The summed E-state index contributed by atoms with van der Waals surface area (Å²) in [6, 6.07) is 2.90. The maximum absolute atomic E-state index is 14.1. The second-order valence-corrected chi connectivity index (χ2v) is 8.29. The van der Waals surface area contributed by atoms with Gasteiger partial charge in [0.1, 0.15) is 11.9 Å². The largest absolute Gasteiger partial charge is 0.378 e. The zero-order valence-corrected chi connectivity index (χ0v) is 17.0. The highest BCUT2D eigenvalue weighted by Crippen LogP contribution is 2.31. The molecule has 3 heterocycles. The topological polar surface area (TPSA) is 73.9 Å². The molecule has 8 heteroatoms. The number of carbonyl (C=O) groups is 2. The minimum absolute atomic E-state index is 0.0662. The number of nitrogens with zero attached hydrogens (tertiary/aromatic N) is 2. The van der Waals surface area contributed by atoms with Gasteiger partial charge in [0.25, 0.3) is 0 Å². The number of piperazine rings is 1. The second kappa shape index (κ2) is 8.28. The van der Waals surface area contributed by atoms with Crippen LogP contribution in [0.4, 0.5) is 10.1 Å². The van der Waals surface area contributed by atoms with E-state index in [2.05, 4.69) is 15.5 Å². The minimum Gasteiger partial charge on any atom is -0.378 e. The van der Waals surface area contributed by atoms with Crippen molar-refractivity contribution in [2.75, 3.05) is 44.7 Å². The number of nitrogens with one attached hydrogen (secondary N) is 2. The summed E-state index contributed by atoms with van der Waals surface area (Å²) >= 11 is 0. The van der Waals surface area contributed by atoms with Gasteiger partial charge in [0.05, 0.1) is 19.3 Å². The summed E-state index contributed by atoms with van der Waals surface area (Å²) in [5, 5.41) is 6.27. The first kappa shape index (κ1) is 20.1. The molecule has 0 radical (unpaired) electrons. The molecule has 1 unspecified atom stereocenters. The van der Waals surface area contributed by atoms with Gasteiger partial charge < -0.3 is 20.3 Å². The van der Waals surface area contributed by atoms with Gasteiger partial charge in [-0.2, -0.15) is 0 Å². The monoisotopic (exact) mass is 404 g/mol. The van der Waals surface area contributed by atoms with Crippen LogP contribution in [-0.4, -0.2) is 79.1 Å². The zero-order chi connectivity index (χ0) is 20.5. The van der Waals surface area contributed by atoms with Crippen LogP contribution >= 0.6 is 0 Å². The van der Waals surface area contributed by atoms with Crippen molar-refractivity contribution in [1.82, 2.24) is 15.1 Å². The van der Waals surface area contributed by atoms with E-state index in [0.717, 1.165) is 43.9 Å². The number of benzene rings is 1. The normalized spacial score (nSPS) is 27.3. The van der Waals surface area contributed by atoms with Gasteiger partial charge in [-0.05, 0) is 25.0 Å². The third kappa shape index (κ3) is 4.23. The molecule has 3 aliphatic rings. The fraction of sp³-hybridized carbons (Fsp3) is 0.619. The fourth-order valence-electron chi connectivity index (χ4n) is 4.60. The number of amides is 2. The van der Waals surface area contributed by atoms with E-state index in [1.54, 1.807) is 13.0 Å². The van der Waals surface area contributed by atoms with Crippen LogP contribution in [0.3, 0.4) is 0 Å². The lowest BCUT2D eigenvalue weighted by Crippen LogP contribution is -2.57.